The van der Waals surface area contributed by atoms with E-state index >= 15 is 0 Å². The van der Waals surface area contributed by atoms with Crippen LogP contribution in [0.3, 0.4) is 0 Å². The number of thiophene rings is 1. The molecule has 0 radical (unpaired) electrons. The summed E-state index contributed by atoms with van der Waals surface area (Å²) < 4.78 is 10.9. The summed E-state index contributed by atoms with van der Waals surface area (Å²) in [4.78, 5) is 8.49. The van der Waals surface area contributed by atoms with Crippen molar-refractivity contribution >= 4 is 27.4 Å². The molecule has 3 heterocycles. The van der Waals surface area contributed by atoms with Crippen LogP contribution in [0.15, 0.2) is 14.2 Å². The van der Waals surface area contributed by atoms with Crippen molar-refractivity contribution in [3.8, 4) is 11.8 Å². The van der Waals surface area contributed by atoms with Crippen LogP contribution in [0.5, 0.6) is 0 Å². The first-order chi connectivity index (χ1) is 7.65. The average Bonchev–Trinajstić information content (AvgIpc) is 2.87. The summed E-state index contributed by atoms with van der Waals surface area (Å²) >= 11 is 1.41. The van der Waals surface area contributed by atoms with Crippen molar-refractivity contribution < 1.29 is 8.83 Å². The first kappa shape index (κ1) is 9.41. The molecule has 3 aromatic rings. The Kier molecular flexibility index (Phi) is 1.81. The molecular formula is C10H9N3O2S. The van der Waals surface area contributed by atoms with Crippen LogP contribution in [0.4, 0.5) is 5.00 Å². The Balaban J connectivity index is 2.18. The van der Waals surface area contributed by atoms with Gasteiger partial charge in [0.2, 0.25) is 0 Å². The minimum Gasteiger partial charge on any atom is -0.438 e. The van der Waals surface area contributed by atoms with Gasteiger partial charge in [-0.15, -0.1) is 11.3 Å². The van der Waals surface area contributed by atoms with Gasteiger partial charge in [0.1, 0.15) is 16.3 Å². The van der Waals surface area contributed by atoms with Crippen molar-refractivity contribution in [3.05, 3.63) is 16.8 Å². The second-order valence-corrected chi connectivity index (χ2v) is 4.41. The minimum absolute atomic E-state index is 0.376. The van der Waals surface area contributed by atoms with Crippen molar-refractivity contribution in [2.75, 3.05) is 5.73 Å². The number of nitrogens with two attached hydrogens (primary N) is 1. The molecule has 0 bridgehead atoms. The van der Waals surface area contributed by atoms with Crippen molar-refractivity contribution in [3.63, 3.8) is 0 Å². The molecule has 6 heteroatoms. The Labute approximate surface area is 94.9 Å². The van der Waals surface area contributed by atoms with E-state index < -0.39 is 0 Å². The fourth-order valence-electron chi connectivity index (χ4n) is 1.42. The SMILES string of the molecule is Cc1nc(-c2nc3csc(N)c3o2)oc1C. The molecule has 0 aromatic carbocycles. The molecule has 5 nitrogen and oxygen atoms in total. The van der Waals surface area contributed by atoms with E-state index in [1.165, 1.54) is 11.3 Å². The highest BCUT2D eigenvalue weighted by atomic mass is 32.1. The van der Waals surface area contributed by atoms with Gasteiger partial charge in [0.25, 0.3) is 11.8 Å². The monoisotopic (exact) mass is 235 g/mol. The van der Waals surface area contributed by atoms with Gasteiger partial charge in [0.15, 0.2) is 5.58 Å². The number of rotatable bonds is 1. The van der Waals surface area contributed by atoms with E-state index in [2.05, 4.69) is 9.97 Å². The summed E-state index contributed by atoms with van der Waals surface area (Å²) in [7, 11) is 0. The predicted molar refractivity (Wildman–Crippen MR) is 61.3 cm³/mol. The van der Waals surface area contributed by atoms with Gasteiger partial charge < -0.3 is 14.6 Å². The Hall–Kier alpha value is -1.82. The Morgan fingerprint density at radius 1 is 1.19 bits per heavy atom. The average molecular weight is 235 g/mol. The number of oxazole rings is 2. The molecule has 0 spiro atoms. The zero-order valence-electron chi connectivity index (χ0n) is 8.77. The van der Waals surface area contributed by atoms with Crippen molar-refractivity contribution in [1.29, 1.82) is 0 Å². The van der Waals surface area contributed by atoms with Gasteiger partial charge >= 0.3 is 0 Å². The molecule has 0 aliphatic carbocycles. The lowest BCUT2D eigenvalue weighted by Crippen LogP contribution is -1.77. The molecule has 0 amide bonds. The maximum atomic E-state index is 5.74. The van der Waals surface area contributed by atoms with Gasteiger partial charge in [-0.1, -0.05) is 0 Å². The predicted octanol–water partition coefficient (Wildman–Crippen LogP) is 2.74. The van der Waals surface area contributed by atoms with Gasteiger partial charge in [0.05, 0.1) is 5.69 Å². The number of nitrogens with zero attached hydrogens (tertiary/aromatic N) is 2. The third-order valence-corrected chi connectivity index (χ3v) is 3.17. The molecule has 0 saturated carbocycles. The number of fused-ring (bicyclic) bond motifs is 1. The molecule has 0 saturated heterocycles. The molecule has 0 aliphatic rings. The molecule has 0 atom stereocenters. The molecular weight excluding hydrogens is 226 g/mol. The van der Waals surface area contributed by atoms with Crippen LogP contribution in [-0.4, -0.2) is 9.97 Å². The Morgan fingerprint density at radius 2 is 1.94 bits per heavy atom. The largest absolute Gasteiger partial charge is 0.438 e. The van der Waals surface area contributed by atoms with Crippen LogP contribution in [0.2, 0.25) is 0 Å². The molecule has 82 valence electrons. The summed E-state index contributed by atoms with van der Waals surface area (Å²) in [5, 5.41) is 2.47. The molecule has 3 rings (SSSR count). The molecule has 0 fully saturated rings. The lowest BCUT2D eigenvalue weighted by atomic mass is 10.4. The van der Waals surface area contributed by atoms with Crippen LogP contribution < -0.4 is 5.73 Å². The number of hydrogen-bond donors (Lipinski definition) is 1. The highest BCUT2D eigenvalue weighted by molar-refractivity contribution is 7.15. The maximum Gasteiger partial charge on any atom is 0.284 e. The summed E-state index contributed by atoms with van der Waals surface area (Å²) in [6, 6.07) is 0. The number of nitrogen functional groups attached to an aromatic ring is 1. The molecule has 16 heavy (non-hydrogen) atoms. The molecule has 2 N–H and O–H groups in total. The van der Waals surface area contributed by atoms with E-state index in [1.807, 2.05) is 19.2 Å². The van der Waals surface area contributed by atoms with E-state index in [9.17, 15) is 0 Å². The highest BCUT2D eigenvalue weighted by Gasteiger charge is 2.17. The van der Waals surface area contributed by atoms with Crippen molar-refractivity contribution in [1.82, 2.24) is 9.97 Å². The first-order valence-electron chi connectivity index (χ1n) is 4.73. The van der Waals surface area contributed by atoms with E-state index in [-0.39, 0.29) is 0 Å². The van der Waals surface area contributed by atoms with Crippen LogP contribution in [0, 0.1) is 13.8 Å². The van der Waals surface area contributed by atoms with E-state index in [0.717, 1.165) is 17.0 Å². The van der Waals surface area contributed by atoms with E-state index in [4.69, 9.17) is 14.6 Å². The third-order valence-electron chi connectivity index (χ3n) is 2.39. The number of aryl methyl sites for hydroxylation is 2. The van der Waals surface area contributed by atoms with Gasteiger partial charge in [0, 0.05) is 5.38 Å². The number of anilines is 1. The normalized spacial score (nSPS) is 11.4. The summed E-state index contributed by atoms with van der Waals surface area (Å²) in [5.74, 6) is 1.54. The maximum absolute atomic E-state index is 5.74. The first-order valence-corrected chi connectivity index (χ1v) is 5.61. The van der Waals surface area contributed by atoms with Gasteiger partial charge in [-0.3, -0.25) is 0 Å². The fraction of sp³-hybridized carbons (Fsp3) is 0.200. The zero-order valence-corrected chi connectivity index (χ0v) is 9.59. The van der Waals surface area contributed by atoms with Gasteiger partial charge in [-0.05, 0) is 13.8 Å². The third kappa shape index (κ3) is 1.23. The summed E-state index contributed by atoms with van der Waals surface area (Å²) in [6.45, 7) is 3.73. The van der Waals surface area contributed by atoms with E-state index in [0.29, 0.717) is 22.4 Å². The zero-order chi connectivity index (χ0) is 11.3. The summed E-state index contributed by atoms with van der Waals surface area (Å²) in [6.07, 6.45) is 0. The highest BCUT2D eigenvalue weighted by Crippen LogP contribution is 2.32. The van der Waals surface area contributed by atoms with Crippen molar-refractivity contribution in [2.45, 2.75) is 13.8 Å². The molecule has 0 unspecified atom stereocenters. The quantitative estimate of drug-likeness (QED) is 0.701. The van der Waals surface area contributed by atoms with Gasteiger partial charge in [-0.25, -0.2) is 9.97 Å². The topological polar surface area (TPSA) is 78.1 Å². The van der Waals surface area contributed by atoms with Crippen LogP contribution >= 0.6 is 11.3 Å². The fourth-order valence-corrected chi connectivity index (χ4v) is 2.07. The lowest BCUT2D eigenvalue weighted by molar-refractivity contribution is 0.506. The number of hydrogen-bond acceptors (Lipinski definition) is 6. The molecule has 0 aliphatic heterocycles. The van der Waals surface area contributed by atoms with Crippen LogP contribution in [-0.2, 0) is 0 Å². The number of aromatic nitrogens is 2. The minimum atomic E-state index is 0.376. The van der Waals surface area contributed by atoms with Crippen LogP contribution in [0.25, 0.3) is 22.9 Å². The lowest BCUT2D eigenvalue weighted by Gasteiger charge is -1.85. The summed E-state index contributed by atoms with van der Waals surface area (Å²) in [5.41, 5.74) is 7.92. The second-order valence-electron chi connectivity index (χ2n) is 3.49. The van der Waals surface area contributed by atoms with Gasteiger partial charge in [-0.2, -0.15) is 0 Å². The Bertz CT molecular complexity index is 645. The smallest absolute Gasteiger partial charge is 0.284 e. The van der Waals surface area contributed by atoms with Crippen molar-refractivity contribution in [2.24, 2.45) is 0 Å². The molecule has 3 aromatic heterocycles. The Morgan fingerprint density at radius 3 is 2.56 bits per heavy atom. The van der Waals surface area contributed by atoms with E-state index in [1.54, 1.807) is 0 Å². The second kappa shape index (κ2) is 3.08. The van der Waals surface area contributed by atoms with Crippen LogP contribution in [0.1, 0.15) is 11.5 Å². The standard InChI is InChI=1S/C10H9N3O2S/c1-4-5(2)14-9(12-4)10-13-6-3-16-8(11)7(6)15-10/h3H,11H2,1-2H3.